The molecule has 0 aliphatic heterocycles. The minimum atomic E-state index is -0.673. The zero-order valence-electron chi connectivity index (χ0n) is 15.4. The monoisotopic (exact) mass is 381 g/mol. The van der Waals surface area contributed by atoms with E-state index >= 15 is 0 Å². The Morgan fingerprint density at radius 1 is 1.38 bits per heavy atom. The second kappa shape index (κ2) is 6.19. The third-order valence-corrected chi connectivity index (χ3v) is 4.55. The van der Waals surface area contributed by atoms with Gasteiger partial charge in [0.15, 0.2) is 11.0 Å². The molecule has 1 amide bonds. The molecule has 0 N–H and O–H groups in total. The zero-order valence-corrected chi connectivity index (χ0v) is 16.1. The van der Waals surface area contributed by atoms with Gasteiger partial charge in [0.25, 0.3) is 0 Å². The number of amides is 1. The minimum absolute atomic E-state index is 0.206. The van der Waals surface area contributed by atoms with E-state index in [1.807, 2.05) is 0 Å². The second-order valence-corrected chi connectivity index (χ2v) is 7.78. The Bertz CT molecular complexity index is 857. The minimum Gasteiger partial charge on any atom is -0.444 e. The highest BCUT2D eigenvalue weighted by Gasteiger charge is 2.55. The van der Waals surface area contributed by atoms with Gasteiger partial charge in [0.05, 0.1) is 5.54 Å². The zero-order chi connectivity index (χ0) is 19.3. The average molecular weight is 382 g/mol. The highest BCUT2D eigenvalue weighted by Crippen LogP contribution is 2.52. The summed E-state index contributed by atoms with van der Waals surface area (Å²) in [6.07, 6.45) is 2.33. The van der Waals surface area contributed by atoms with Crippen molar-refractivity contribution in [2.24, 2.45) is 7.05 Å². The predicted octanol–water partition coefficient (Wildman–Crippen LogP) is 3.53. The first-order chi connectivity index (χ1) is 12.0. The Hall–Kier alpha value is -2.22. The van der Waals surface area contributed by atoms with Gasteiger partial charge < -0.3 is 4.74 Å². The van der Waals surface area contributed by atoms with E-state index in [0.29, 0.717) is 24.2 Å². The summed E-state index contributed by atoms with van der Waals surface area (Å²) in [4.78, 5) is 19.2. The molecular weight excluding hydrogens is 361 g/mol. The van der Waals surface area contributed by atoms with Gasteiger partial charge in [0.2, 0.25) is 0 Å². The van der Waals surface area contributed by atoms with Gasteiger partial charge in [0.1, 0.15) is 17.0 Å². The molecule has 0 spiro atoms. The second-order valence-electron chi connectivity index (χ2n) is 7.42. The van der Waals surface area contributed by atoms with Crippen molar-refractivity contribution in [3.05, 3.63) is 28.9 Å². The van der Waals surface area contributed by atoms with Crippen LogP contribution in [0.3, 0.4) is 0 Å². The first-order valence-electron chi connectivity index (χ1n) is 8.24. The molecule has 0 unspecified atom stereocenters. The number of hydrogen-bond donors (Lipinski definition) is 0. The smallest absolute Gasteiger partial charge is 0.410 e. The molecule has 9 heteroatoms. The first kappa shape index (κ1) is 18.6. The van der Waals surface area contributed by atoms with E-state index in [0.717, 1.165) is 0 Å². The van der Waals surface area contributed by atoms with Crippen molar-refractivity contribution in [2.75, 3.05) is 7.05 Å². The summed E-state index contributed by atoms with van der Waals surface area (Å²) < 4.78 is 20.0. The number of rotatable bonds is 3. The Labute approximate surface area is 156 Å². The van der Waals surface area contributed by atoms with Crippen molar-refractivity contribution in [3.8, 4) is 11.3 Å². The maximum Gasteiger partial charge on any atom is 0.410 e. The average Bonchev–Trinajstić information content (AvgIpc) is 3.25. The molecule has 2 heterocycles. The number of hydrogen-bond acceptors (Lipinski definition) is 5. The van der Waals surface area contributed by atoms with Gasteiger partial charge in [-0.25, -0.2) is 14.2 Å². The van der Waals surface area contributed by atoms with Gasteiger partial charge in [-0.3, -0.25) is 4.90 Å². The van der Waals surface area contributed by atoms with Gasteiger partial charge in [-0.1, -0.05) is 11.6 Å². The van der Waals surface area contributed by atoms with E-state index in [2.05, 4.69) is 15.2 Å². The van der Waals surface area contributed by atoms with Crippen molar-refractivity contribution in [1.82, 2.24) is 24.9 Å². The number of halogens is 2. The van der Waals surface area contributed by atoms with Crippen LogP contribution in [0.2, 0.25) is 5.15 Å². The fourth-order valence-electron chi connectivity index (χ4n) is 2.86. The molecule has 26 heavy (non-hydrogen) atoms. The van der Waals surface area contributed by atoms with Crippen LogP contribution in [0, 0.1) is 5.82 Å². The van der Waals surface area contributed by atoms with Crippen molar-refractivity contribution in [1.29, 1.82) is 0 Å². The van der Waals surface area contributed by atoms with Crippen LogP contribution in [0.25, 0.3) is 11.3 Å². The quantitative estimate of drug-likeness (QED) is 0.760. The molecule has 1 saturated carbocycles. The molecule has 1 fully saturated rings. The molecule has 2 aromatic rings. The van der Waals surface area contributed by atoms with Gasteiger partial charge in [-0.05, 0) is 39.7 Å². The lowest BCUT2D eigenvalue weighted by molar-refractivity contribution is 0.0185. The molecule has 0 aromatic carbocycles. The first-order valence-corrected chi connectivity index (χ1v) is 8.62. The largest absolute Gasteiger partial charge is 0.444 e. The van der Waals surface area contributed by atoms with Crippen LogP contribution in [0.15, 0.2) is 12.3 Å². The molecule has 3 rings (SSSR count). The van der Waals surface area contributed by atoms with Crippen LogP contribution >= 0.6 is 11.6 Å². The van der Waals surface area contributed by atoms with Gasteiger partial charge in [0, 0.05) is 25.9 Å². The number of aromatic nitrogens is 4. The standard InChI is InChI=1S/C17H21ClFN5O2/c1-16(2,3)26-15(25)23(4)17(7-8-17)13-12(21-24(5)22-13)10-6-9-20-14(18)11(10)19/h6,9H,7-8H2,1-5H3. The summed E-state index contributed by atoms with van der Waals surface area (Å²) >= 11 is 5.81. The SMILES string of the molecule is CN(C(=O)OC(C)(C)C)C1(c2nn(C)nc2-c2ccnc(Cl)c2F)CC1. The van der Waals surface area contributed by atoms with Crippen LogP contribution in [0.4, 0.5) is 9.18 Å². The lowest BCUT2D eigenvalue weighted by atomic mass is 10.0. The van der Waals surface area contributed by atoms with Crippen LogP contribution in [-0.2, 0) is 17.3 Å². The third-order valence-electron chi connectivity index (χ3n) is 4.29. The normalized spacial score (nSPS) is 15.7. The highest BCUT2D eigenvalue weighted by molar-refractivity contribution is 6.29. The van der Waals surface area contributed by atoms with Gasteiger partial charge in [-0.15, -0.1) is 0 Å². The Kier molecular flexibility index (Phi) is 4.42. The fraction of sp³-hybridized carbons (Fsp3) is 0.529. The van der Waals surface area contributed by atoms with Crippen molar-refractivity contribution in [2.45, 2.75) is 44.8 Å². The molecule has 7 nitrogen and oxygen atoms in total. The van der Waals surface area contributed by atoms with Gasteiger partial charge in [-0.2, -0.15) is 15.0 Å². The molecule has 2 aromatic heterocycles. The van der Waals surface area contributed by atoms with E-state index < -0.39 is 23.1 Å². The van der Waals surface area contributed by atoms with E-state index in [1.165, 1.54) is 22.0 Å². The molecule has 1 aliphatic carbocycles. The van der Waals surface area contributed by atoms with Crippen LogP contribution in [0.5, 0.6) is 0 Å². The molecule has 140 valence electrons. The van der Waals surface area contributed by atoms with Crippen molar-refractivity contribution in [3.63, 3.8) is 0 Å². The lowest BCUT2D eigenvalue weighted by Crippen LogP contribution is -2.41. The molecule has 0 radical (unpaired) electrons. The number of aryl methyl sites for hydroxylation is 1. The maximum absolute atomic E-state index is 14.5. The predicted molar refractivity (Wildman–Crippen MR) is 94.1 cm³/mol. The maximum atomic E-state index is 14.5. The van der Waals surface area contributed by atoms with Crippen LogP contribution in [0.1, 0.15) is 39.3 Å². The lowest BCUT2D eigenvalue weighted by Gasteiger charge is -2.30. The van der Waals surface area contributed by atoms with Crippen molar-refractivity contribution < 1.29 is 13.9 Å². The number of nitrogens with zero attached hydrogens (tertiary/aromatic N) is 5. The number of carbonyl (C=O) groups is 1. The Morgan fingerprint density at radius 2 is 2.04 bits per heavy atom. The van der Waals surface area contributed by atoms with Crippen molar-refractivity contribution >= 4 is 17.7 Å². The van der Waals surface area contributed by atoms with Crippen LogP contribution < -0.4 is 0 Å². The van der Waals surface area contributed by atoms with E-state index in [1.54, 1.807) is 34.9 Å². The summed E-state index contributed by atoms with van der Waals surface area (Å²) in [5.41, 5.74) is -0.209. The number of carbonyl (C=O) groups excluding carboxylic acids is 1. The summed E-state index contributed by atoms with van der Waals surface area (Å²) in [7, 11) is 3.31. The molecular formula is C17H21ClFN5O2. The summed E-state index contributed by atoms with van der Waals surface area (Å²) in [6, 6.07) is 1.50. The van der Waals surface area contributed by atoms with E-state index in [9.17, 15) is 9.18 Å². The van der Waals surface area contributed by atoms with E-state index in [4.69, 9.17) is 16.3 Å². The van der Waals surface area contributed by atoms with E-state index in [-0.39, 0.29) is 10.7 Å². The summed E-state index contributed by atoms with van der Waals surface area (Å²) in [5.74, 6) is -0.661. The Balaban J connectivity index is 2.02. The fourth-order valence-corrected chi connectivity index (χ4v) is 3.02. The number of pyridine rings is 1. The number of ether oxygens (including phenoxy) is 1. The molecule has 0 atom stereocenters. The van der Waals surface area contributed by atoms with Crippen LogP contribution in [-0.4, -0.2) is 43.6 Å². The summed E-state index contributed by atoms with van der Waals surface area (Å²) in [6.45, 7) is 5.42. The Morgan fingerprint density at radius 3 is 2.62 bits per heavy atom. The highest BCUT2D eigenvalue weighted by atomic mass is 35.5. The topological polar surface area (TPSA) is 73.1 Å². The molecule has 0 saturated heterocycles. The third kappa shape index (κ3) is 3.25. The summed E-state index contributed by atoms with van der Waals surface area (Å²) in [5, 5.41) is 8.49. The van der Waals surface area contributed by atoms with Gasteiger partial charge >= 0.3 is 6.09 Å². The molecule has 1 aliphatic rings. The molecule has 0 bridgehead atoms.